The number of aromatic nitrogens is 5. The Balaban J connectivity index is 0.00000306. The van der Waals surface area contributed by atoms with Gasteiger partial charge in [0.15, 0.2) is 5.82 Å². The second-order valence-corrected chi connectivity index (χ2v) is 8.39. The standard InChI is InChI=1S/C22H27FN8O.CH4/c1-12(2)19-21(32)28-18-14(4)27-22(29-20(18)30(19)5)24-8-15-9-25-31(10-15)11-16-6-7-17(23)13(3)26-16;/h6-7,9-10,12,19H,8,11H2,1-5H3,(H,28,32)(H,24,27,29);1H4/t19-;/m0./s1. The lowest BCUT2D eigenvalue weighted by molar-refractivity contribution is -0.118. The normalized spacial score (nSPS) is 15.2. The molecule has 3 aromatic heterocycles. The number of amides is 1. The number of hydrogen-bond acceptors (Lipinski definition) is 7. The quantitative estimate of drug-likeness (QED) is 0.588. The minimum Gasteiger partial charge on any atom is -0.350 e. The topological polar surface area (TPSA) is 101 Å². The van der Waals surface area contributed by atoms with Crippen LogP contribution in [0.25, 0.3) is 0 Å². The van der Waals surface area contributed by atoms with Crippen molar-refractivity contribution < 1.29 is 9.18 Å². The van der Waals surface area contributed by atoms with Crippen LogP contribution in [0.15, 0.2) is 24.5 Å². The fourth-order valence-electron chi connectivity index (χ4n) is 3.91. The van der Waals surface area contributed by atoms with E-state index >= 15 is 0 Å². The molecule has 0 radical (unpaired) electrons. The van der Waals surface area contributed by atoms with E-state index in [1.54, 1.807) is 23.9 Å². The van der Waals surface area contributed by atoms with Crippen LogP contribution in [0.5, 0.6) is 0 Å². The molecule has 4 heterocycles. The fraction of sp³-hybridized carbons (Fsp3) is 0.435. The average molecular weight is 455 g/mol. The Labute approximate surface area is 193 Å². The Bertz CT molecular complexity index is 1160. The summed E-state index contributed by atoms with van der Waals surface area (Å²) < 4.78 is 15.2. The SMILES string of the molecule is C.Cc1nc(Cn2cc(CNc3nc(C)c4c(n3)N(C)[C@@H](C(C)C)C(=O)N4)cn2)ccc1F. The van der Waals surface area contributed by atoms with Gasteiger partial charge in [-0.3, -0.25) is 14.5 Å². The van der Waals surface area contributed by atoms with Crippen LogP contribution in [0.4, 0.5) is 21.8 Å². The molecule has 0 saturated carbocycles. The van der Waals surface area contributed by atoms with Crippen molar-refractivity contribution in [2.24, 2.45) is 5.92 Å². The highest BCUT2D eigenvalue weighted by Crippen LogP contribution is 2.34. The Morgan fingerprint density at radius 1 is 1.18 bits per heavy atom. The molecular weight excluding hydrogens is 423 g/mol. The number of carbonyl (C=O) groups is 1. The maximum Gasteiger partial charge on any atom is 0.247 e. The highest BCUT2D eigenvalue weighted by Gasteiger charge is 2.35. The lowest BCUT2D eigenvalue weighted by atomic mass is 9.99. The monoisotopic (exact) mass is 454 g/mol. The number of anilines is 3. The van der Waals surface area contributed by atoms with Crippen molar-refractivity contribution in [3.05, 3.63) is 53.0 Å². The van der Waals surface area contributed by atoms with Crippen LogP contribution in [0.1, 0.15) is 43.9 Å². The average Bonchev–Trinajstić information content (AvgIpc) is 3.17. The fourth-order valence-corrected chi connectivity index (χ4v) is 3.91. The molecule has 4 rings (SSSR count). The third kappa shape index (κ3) is 4.94. The summed E-state index contributed by atoms with van der Waals surface area (Å²) in [6, 6.07) is 2.79. The van der Waals surface area contributed by atoms with E-state index < -0.39 is 0 Å². The molecular formula is C23H31FN8O. The molecule has 0 aliphatic carbocycles. The zero-order valence-corrected chi connectivity index (χ0v) is 18.8. The summed E-state index contributed by atoms with van der Waals surface area (Å²) >= 11 is 0. The highest BCUT2D eigenvalue weighted by atomic mass is 19.1. The number of pyridine rings is 1. The molecule has 0 aromatic carbocycles. The van der Waals surface area contributed by atoms with Crippen molar-refractivity contribution in [2.75, 3.05) is 22.6 Å². The van der Waals surface area contributed by atoms with Crippen molar-refractivity contribution in [2.45, 2.75) is 54.3 Å². The van der Waals surface area contributed by atoms with Crippen LogP contribution in [-0.2, 0) is 17.9 Å². The van der Waals surface area contributed by atoms with Gasteiger partial charge in [0.1, 0.15) is 17.5 Å². The van der Waals surface area contributed by atoms with Crippen molar-refractivity contribution in [1.82, 2.24) is 24.7 Å². The minimum atomic E-state index is -0.315. The number of carbonyl (C=O) groups excluding carboxylic acids is 1. The van der Waals surface area contributed by atoms with Gasteiger partial charge in [0.05, 0.1) is 29.8 Å². The molecule has 0 spiro atoms. The first kappa shape index (κ1) is 24.1. The molecule has 9 nitrogen and oxygen atoms in total. The Morgan fingerprint density at radius 3 is 2.64 bits per heavy atom. The lowest BCUT2D eigenvalue weighted by Gasteiger charge is -2.36. The van der Waals surface area contributed by atoms with Crippen molar-refractivity contribution >= 4 is 23.4 Å². The number of likely N-dealkylation sites (N-methyl/N-ethyl adjacent to an activating group) is 1. The van der Waals surface area contributed by atoms with Gasteiger partial charge in [-0.1, -0.05) is 21.3 Å². The maximum atomic E-state index is 13.4. The molecule has 0 unspecified atom stereocenters. The Kier molecular flexibility index (Phi) is 6.95. The van der Waals surface area contributed by atoms with Gasteiger partial charge in [-0.15, -0.1) is 0 Å². The zero-order chi connectivity index (χ0) is 23.0. The van der Waals surface area contributed by atoms with Crippen molar-refractivity contribution in [3.63, 3.8) is 0 Å². The lowest BCUT2D eigenvalue weighted by Crippen LogP contribution is -2.49. The molecule has 0 fully saturated rings. The summed E-state index contributed by atoms with van der Waals surface area (Å²) in [6.07, 6.45) is 3.66. The predicted molar refractivity (Wildman–Crippen MR) is 127 cm³/mol. The number of rotatable bonds is 6. The van der Waals surface area contributed by atoms with E-state index in [1.165, 1.54) is 6.07 Å². The first-order valence-electron chi connectivity index (χ1n) is 10.5. The van der Waals surface area contributed by atoms with Crippen LogP contribution < -0.4 is 15.5 Å². The summed E-state index contributed by atoms with van der Waals surface area (Å²) in [6.45, 7) is 8.46. The van der Waals surface area contributed by atoms with Crippen LogP contribution in [0.2, 0.25) is 0 Å². The first-order chi connectivity index (χ1) is 15.2. The zero-order valence-electron chi connectivity index (χ0n) is 18.8. The number of fused-ring (bicyclic) bond motifs is 1. The molecule has 176 valence electrons. The molecule has 0 saturated heterocycles. The van der Waals surface area contributed by atoms with Crippen molar-refractivity contribution in [3.8, 4) is 0 Å². The van der Waals surface area contributed by atoms with E-state index in [2.05, 4.69) is 30.7 Å². The van der Waals surface area contributed by atoms with Gasteiger partial charge in [0, 0.05) is 25.4 Å². The Hall–Kier alpha value is -3.56. The molecule has 0 bridgehead atoms. The van der Waals surface area contributed by atoms with Gasteiger partial charge in [-0.05, 0) is 31.9 Å². The first-order valence-corrected chi connectivity index (χ1v) is 10.5. The summed E-state index contributed by atoms with van der Waals surface area (Å²) in [5.74, 6) is 0.970. The summed E-state index contributed by atoms with van der Waals surface area (Å²) in [7, 11) is 1.88. The molecule has 1 amide bonds. The third-order valence-electron chi connectivity index (χ3n) is 5.51. The van der Waals surface area contributed by atoms with Gasteiger partial charge in [-0.2, -0.15) is 10.1 Å². The van der Waals surface area contributed by atoms with Crippen LogP contribution in [0, 0.1) is 25.6 Å². The number of hydrogen-bond donors (Lipinski definition) is 2. The van der Waals surface area contributed by atoms with E-state index in [4.69, 9.17) is 0 Å². The van der Waals surface area contributed by atoms with Crippen molar-refractivity contribution in [1.29, 1.82) is 0 Å². The molecule has 1 atom stereocenters. The van der Waals surface area contributed by atoms with Gasteiger partial charge in [0.2, 0.25) is 11.9 Å². The largest absolute Gasteiger partial charge is 0.350 e. The van der Waals surface area contributed by atoms with Gasteiger partial charge < -0.3 is 15.5 Å². The van der Waals surface area contributed by atoms with Crippen LogP contribution >= 0.6 is 0 Å². The second-order valence-electron chi connectivity index (χ2n) is 8.39. The van der Waals surface area contributed by atoms with Crippen LogP contribution in [-0.4, -0.2) is 43.7 Å². The molecule has 1 aliphatic rings. The van der Waals surface area contributed by atoms with E-state index in [1.807, 2.05) is 38.9 Å². The Morgan fingerprint density at radius 2 is 1.94 bits per heavy atom. The summed E-state index contributed by atoms with van der Waals surface area (Å²) in [5, 5.41) is 10.5. The van der Waals surface area contributed by atoms with Crippen LogP contribution in [0.3, 0.4) is 0 Å². The minimum absolute atomic E-state index is 0. The summed E-state index contributed by atoms with van der Waals surface area (Å²) in [4.78, 5) is 27.8. The van der Waals surface area contributed by atoms with Gasteiger partial charge >= 0.3 is 0 Å². The van der Waals surface area contributed by atoms with Gasteiger partial charge in [0.25, 0.3) is 0 Å². The third-order valence-corrected chi connectivity index (χ3v) is 5.51. The predicted octanol–water partition coefficient (Wildman–Crippen LogP) is 3.53. The van der Waals surface area contributed by atoms with Gasteiger partial charge in [-0.25, -0.2) is 9.37 Å². The molecule has 2 N–H and O–H groups in total. The van der Waals surface area contributed by atoms with E-state index in [-0.39, 0.29) is 31.1 Å². The number of halogens is 1. The molecule has 1 aliphatic heterocycles. The second kappa shape index (κ2) is 9.51. The number of nitrogens with zero attached hydrogens (tertiary/aromatic N) is 6. The number of aryl methyl sites for hydroxylation is 2. The van der Waals surface area contributed by atoms with E-state index in [0.29, 0.717) is 41.9 Å². The molecule has 3 aromatic rings. The van der Waals surface area contributed by atoms with E-state index in [0.717, 1.165) is 11.3 Å². The maximum absolute atomic E-state index is 13.4. The summed E-state index contributed by atoms with van der Waals surface area (Å²) in [5.41, 5.74) is 3.41. The number of nitrogens with one attached hydrogen (secondary N) is 2. The molecule has 33 heavy (non-hydrogen) atoms. The smallest absolute Gasteiger partial charge is 0.247 e. The highest BCUT2D eigenvalue weighted by molar-refractivity contribution is 6.03. The van der Waals surface area contributed by atoms with E-state index in [9.17, 15) is 9.18 Å². The molecule has 10 heteroatoms.